The number of carbonyl (C=O) groups excluding carboxylic acids is 1. The lowest BCUT2D eigenvalue weighted by Crippen LogP contribution is -2.04. The Balaban J connectivity index is 2.10. The summed E-state index contributed by atoms with van der Waals surface area (Å²) in [5.41, 5.74) is 2.77. The summed E-state index contributed by atoms with van der Waals surface area (Å²) in [6.07, 6.45) is 1.56. The number of nitrogens with zero attached hydrogens (tertiary/aromatic N) is 4. The monoisotopic (exact) mass is 357 g/mol. The molecule has 0 saturated heterocycles. The second-order valence-electron chi connectivity index (χ2n) is 5.30. The number of benzene rings is 1. The molecular weight excluding hydrogens is 342 g/mol. The lowest BCUT2D eigenvalue weighted by atomic mass is 10.1. The standard InChI is InChI=1S/C16H15N5O3S/c1-9-14(18-8-17-9)15-19-20-16(25-7-13(23)24)21(15)12-5-3-11(4-6-12)10(2)22/h3-6,8H,7H2,1-2H3,(H,17,18)(H,23,24). The quantitative estimate of drug-likeness (QED) is 0.514. The van der Waals surface area contributed by atoms with Gasteiger partial charge in [-0.3, -0.25) is 14.2 Å². The van der Waals surface area contributed by atoms with Gasteiger partial charge in [-0.1, -0.05) is 11.8 Å². The Morgan fingerprint density at radius 2 is 1.96 bits per heavy atom. The van der Waals surface area contributed by atoms with Crippen LogP contribution in [0, 0.1) is 6.92 Å². The predicted octanol–water partition coefficient (Wildman–Crippen LogP) is 2.35. The summed E-state index contributed by atoms with van der Waals surface area (Å²) in [6.45, 7) is 3.37. The van der Waals surface area contributed by atoms with Crippen LogP contribution in [0.2, 0.25) is 0 Å². The summed E-state index contributed by atoms with van der Waals surface area (Å²) >= 11 is 1.07. The smallest absolute Gasteiger partial charge is 0.313 e. The molecule has 3 rings (SSSR count). The molecule has 0 bridgehead atoms. The first kappa shape index (κ1) is 16.9. The van der Waals surface area contributed by atoms with Crippen LogP contribution in [0.25, 0.3) is 17.2 Å². The molecule has 0 spiro atoms. The molecular formula is C16H15N5O3S. The number of aryl methyl sites for hydroxylation is 1. The molecule has 2 aromatic heterocycles. The maximum Gasteiger partial charge on any atom is 0.313 e. The van der Waals surface area contributed by atoms with E-state index in [4.69, 9.17) is 5.11 Å². The number of H-pyrrole nitrogens is 1. The summed E-state index contributed by atoms with van der Waals surface area (Å²) in [7, 11) is 0. The van der Waals surface area contributed by atoms with Crippen molar-refractivity contribution in [3.05, 3.63) is 41.9 Å². The SMILES string of the molecule is CC(=O)c1ccc(-n2c(SCC(=O)O)nnc2-c2nc[nH]c2C)cc1. The number of thioether (sulfide) groups is 1. The summed E-state index contributed by atoms with van der Waals surface area (Å²) in [6, 6.07) is 6.97. The van der Waals surface area contributed by atoms with Crippen molar-refractivity contribution < 1.29 is 14.7 Å². The van der Waals surface area contributed by atoms with Gasteiger partial charge in [0.1, 0.15) is 5.69 Å². The molecule has 0 radical (unpaired) electrons. The molecule has 0 saturated carbocycles. The molecule has 1 aromatic carbocycles. The molecule has 0 unspecified atom stereocenters. The van der Waals surface area contributed by atoms with Gasteiger partial charge in [0.15, 0.2) is 16.8 Å². The van der Waals surface area contributed by atoms with Crippen LogP contribution < -0.4 is 0 Å². The van der Waals surface area contributed by atoms with E-state index < -0.39 is 5.97 Å². The van der Waals surface area contributed by atoms with Gasteiger partial charge in [0.25, 0.3) is 0 Å². The van der Waals surface area contributed by atoms with E-state index in [1.54, 1.807) is 35.2 Å². The second-order valence-corrected chi connectivity index (χ2v) is 6.25. The Morgan fingerprint density at radius 1 is 1.24 bits per heavy atom. The number of carbonyl (C=O) groups is 2. The topological polar surface area (TPSA) is 114 Å². The van der Waals surface area contributed by atoms with Crippen LogP contribution in [0.4, 0.5) is 0 Å². The number of aromatic nitrogens is 5. The molecule has 128 valence electrons. The molecule has 2 heterocycles. The first-order valence-corrected chi connectivity index (χ1v) is 8.37. The van der Waals surface area contributed by atoms with E-state index in [1.165, 1.54) is 6.92 Å². The number of rotatable bonds is 6. The van der Waals surface area contributed by atoms with Crippen LogP contribution >= 0.6 is 11.8 Å². The number of nitrogens with one attached hydrogen (secondary N) is 1. The number of hydrogen-bond acceptors (Lipinski definition) is 6. The molecule has 0 aliphatic carbocycles. The highest BCUT2D eigenvalue weighted by atomic mass is 32.2. The fourth-order valence-corrected chi connectivity index (χ4v) is 2.98. The highest BCUT2D eigenvalue weighted by Crippen LogP contribution is 2.28. The van der Waals surface area contributed by atoms with Crippen molar-refractivity contribution in [3.8, 4) is 17.2 Å². The van der Waals surface area contributed by atoms with Gasteiger partial charge in [0.2, 0.25) is 0 Å². The lowest BCUT2D eigenvalue weighted by Gasteiger charge is -2.09. The van der Waals surface area contributed by atoms with Crippen molar-refractivity contribution in [2.75, 3.05) is 5.75 Å². The number of ketones is 1. The van der Waals surface area contributed by atoms with Crippen LogP contribution in [0.1, 0.15) is 23.0 Å². The van der Waals surface area contributed by atoms with Gasteiger partial charge >= 0.3 is 5.97 Å². The summed E-state index contributed by atoms with van der Waals surface area (Å²) in [4.78, 5) is 29.6. The maximum atomic E-state index is 11.5. The molecule has 25 heavy (non-hydrogen) atoms. The molecule has 0 fully saturated rings. The van der Waals surface area contributed by atoms with Gasteiger partial charge in [0.05, 0.1) is 12.1 Å². The normalized spacial score (nSPS) is 10.8. The van der Waals surface area contributed by atoms with Crippen LogP contribution in [-0.2, 0) is 4.79 Å². The first-order valence-electron chi connectivity index (χ1n) is 7.39. The van der Waals surface area contributed by atoms with Crippen LogP contribution in [0.5, 0.6) is 0 Å². The molecule has 0 atom stereocenters. The first-order chi connectivity index (χ1) is 12.0. The summed E-state index contributed by atoms with van der Waals surface area (Å²) < 4.78 is 1.74. The van der Waals surface area contributed by atoms with Crippen molar-refractivity contribution in [1.82, 2.24) is 24.7 Å². The Bertz CT molecular complexity index is 930. The van der Waals surface area contributed by atoms with Crippen molar-refractivity contribution in [2.45, 2.75) is 19.0 Å². The maximum absolute atomic E-state index is 11.5. The van der Waals surface area contributed by atoms with Gasteiger partial charge in [-0.25, -0.2) is 4.98 Å². The molecule has 0 amide bonds. The Kier molecular flexibility index (Phi) is 4.66. The van der Waals surface area contributed by atoms with Gasteiger partial charge in [-0.2, -0.15) is 0 Å². The summed E-state index contributed by atoms with van der Waals surface area (Å²) in [5, 5.41) is 17.7. The third kappa shape index (κ3) is 3.45. The third-order valence-corrected chi connectivity index (χ3v) is 4.45. The van der Waals surface area contributed by atoms with E-state index in [1.807, 2.05) is 6.92 Å². The molecule has 3 aromatic rings. The van der Waals surface area contributed by atoms with Crippen molar-refractivity contribution in [1.29, 1.82) is 0 Å². The average Bonchev–Trinajstić information content (AvgIpc) is 3.18. The van der Waals surface area contributed by atoms with Gasteiger partial charge in [-0.05, 0) is 38.1 Å². The Morgan fingerprint density at radius 3 is 2.52 bits per heavy atom. The second kappa shape index (κ2) is 6.89. The van der Waals surface area contributed by atoms with E-state index >= 15 is 0 Å². The van der Waals surface area contributed by atoms with Crippen LogP contribution in [-0.4, -0.2) is 47.3 Å². The summed E-state index contributed by atoms with van der Waals surface area (Å²) in [5.74, 6) is -0.603. The minimum atomic E-state index is -0.941. The lowest BCUT2D eigenvalue weighted by molar-refractivity contribution is -0.133. The zero-order chi connectivity index (χ0) is 18.0. The van der Waals surface area contributed by atoms with Crippen molar-refractivity contribution >= 4 is 23.5 Å². The highest BCUT2D eigenvalue weighted by Gasteiger charge is 2.20. The number of hydrogen-bond donors (Lipinski definition) is 2. The van der Waals surface area contributed by atoms with E-state index in [-0.39, 0.29) is 11.5 Å². The van der Waals surface area contributed by atoms with Crippen LogP contribution in [0.15, 0.2) is 35.7 Å². The number of aliphatic carboxylic acids is 1. The average molecular weight is 357 g/mol. The van der Waals surface area contributed by atoms with E-state index in [2.05, 4.69) is 20.2 Å². The molecule has 8 nitrogen and oxygen atoms in total. The Labute approximate surface area is 147 Å². The largest absolute Gasteiger partial charge is 0.481 e. The molecule has 2 N–H and O–H groups in total. The Hall–Kier alpha value is -2.94. The van der Waals surface area contributed by atoms with Crippen LogP contribution in [0.3, 0.4) is 0 Å². The third-order valence-electron chi connectivity index (χ3n) is 3.53. The number of carboxylic acids is 1. The minimum absolute atomic E-state index is 0.0286. The number of imidazole rings is 1. The highest BCUT2D eigenvalue weighted by molar-refractivity contribution is 7.99. The minimum Gasteiger partial charge on any atom is -0.481 e. The number of carboxylic acid groups (broad SMARTS) is 1. The van der Waals surface area contributed by atoms with Gasteiger partial charge in [-0.15, -0.1) is 10.2 Å². The number of Topliss-reactive ketones (excluding diaryl/α,β-unsaturated/α-hetero) is 1. The fourth-order valence-electron chi connectivity index (χ4n) is 2.31. The molecule has 9 heteroatoms. The van der Waals surface area contributed by atoms with E-state index in [0.717, 1.165) is 23.1 Å². The van der Waals surface area contributed by atoms with Crippen molar-refractivity contribution in [2.24, 2.45) is 0 Å². The number of aromatic amines is 1. The van der Waals surface area contributed by atoms with Crippen molar-refractivity contribution in [3.63, 3.8) is 0 Å². The zero-order valence-electron chi connectivity index (χ0n) is 13.6. The molecule has 0 aliphatic heterocycles. The van der Waals surface area contributed by atoms with Gasteiger partial charge < -0.3 is 10.1 Å². The zero-order valence-corrected chi connectivity index (χ0v) is 14.4. The fraction of sp³-hybridized carbons (Fsp3) is 0.188. The van der Waals surface area contributed by atoms with E-state index in [9.17, 15) is 9.59 Å². The van der Waals surface area contributed by atoms with E-state index in [0.29, 0.717) is 22.2 Å². The predicted molar refractivity (Wildman–Crippen MR) is 92.0 cm³/mol. The van der Waals surface area contributed by atoms with Gasteiger partial charge in [0, 0.05) is 16.9 Å². The molecule has 0 aliphatic rings.